The van der Waals surface area contributed by atoms with Gasteiger partial charge in [0, 0.05) is 36.7 Å². The molecule has 1 aromatic heterocycles. The summed E-state index contributed by atoms with van der Waals surface area (Å²) in [5.41, 5.74) is 2.64. The molecule has 0 bridgehead atoms. The molecule has 0 aliphatic rings. The van der Waals surface area contributed by atoms with E-state index >= 15 is 0 Å². The number of hydrogen-bond acceptors (Lipinski definition) is 7. The number of carboxylic acid groups (broad SMARTS) is 1. The van der Waals surface area contributed by atoms with Crippen LogP contribution in [0.5, 0.6) is 11.5 Å². The summed E-state index contributed by atoms with van der Waals surface area (Å²) in [5.74, 6) is 0.0645. The van der Waals surface area contributed by atoms with Crippen LogP contribution in [0.15, 0.2) is 132 Å². The van der Waals surface area contributed by atoms with Crippen molar-refractivity contribution in [3.8, 4) is 11.5 Å². The second kappa shape index (κ2) is 18.5. The number of carbonyl (C=O) groups excluding carboxylic acids is 1. The molecule has 11 nitrogen and oxygen atoms in total. The number of fused-ring (bicyclic) bond motifs is 1. The maximum absolute atomic E-state index is 13.9. The van der Waals surface area contributed by atoms with Crippen molar-refractivity contribution < 1.29 is 42.8 Å². The van der Waals surface area contributed by atoms with E-state index in [1.807, 2.05) is 30.3 Å². The summed E-state index contributed by atoms with van der Waals surface area (Å²) >= 11 is 0. The normalized spacial score (nSPS) is 12.5. The largest absolute Gasteiger partial charge is 0.506 e. The van der Waals surface area contributed by atoms with Crippen LogP contribution >= 0.6 is 0 Å². The third-order valence-corrected chi connectivity index (χ3v) is 9.53. The van der Waals surface area contributed by atoms with Gasteiger partial charge in [0.25, 0.3) is 5.91 Å². The second-order valence-electron chi connectivity index (χ2n) is 13.6. The van der Waals surface area contributed by atoms with E-state index in [2.05, 4.69) is 15.6 Å². The van der Waals surface area contributed by atoms with Gasteiger partial charge in [-0.2, -0.15) is 13.2 Å². The first-order valence-electron chi connectivity index (χ1n) is 18.4. The molecule has 14 heteroatoms. The average Bonchev–Trinajstić information content (AvgIpc) is 3.22. The molecule has 6 N–H and O–H groups in total. The van der Waals surface area contributed by atoms with Crippen LogP contribution in [-0.2, 0) is 19.3 Å². The number of nitrogens with one attached hydrogen (secondary N) is 3. The number of aliphatic hydroxyl groups is 1. The second-order valence-corrected chi connectivity index (χ2v) is 13.6. The smallest absolute Gasteiger partial charge is 0.416 e. The summed E-state index contributed by atoms with van der Waals surface area (Å²) in [5, 5.41) is 36.8. The standard InChI is InChI=1S/C44H41F3N4O7/c45-44(46,47)33-16-12-28(13-17-33)26-51(23-5-22-48-25-38(53)35-18-20-37(52)41-36(35)19-21-39(54)49-41)42(55)31-14-10-29(11-15-31)27-58-34-9-4-8-32(24-34)40(50-43(56)57)30-6-2-1-3-7-30/h1-4,6-21,24,38,40,48,50,52-53H,5,22-23,25-27H2,(H,49,54)(H,56,57)/t38-,40?/m1/s1. The number of halogens is 3. The van der Waals surface area contributed by atoms with Gasteiger partial charge in [-0.3, -0.25) is 9.59 Å². The zero-order valence-corrected chi connectivity index (χ0v) is 31.1. The lowest BCUT2D eigenvalue weighted by Crippen LogP contribution is -2.33. The van der Waals surface area contributed by atoms with E-state index < -0.39 is 35.5 Å². The maximum atomic E-state index is 13.9. The first kappa shape index (κ1) is 41.0. The Morgan fingerprint density at radius 1 is 0.828 bits per heavy atom. The van der Waals surface area contributed by atoms with E-state index in [0.29, 0.717) is 46.4 Å². The van der Waals surface area contributed by atoms with Gasteiger partial charge in [0.2, 0.25) is 5.56 Å². The molecule has 58 heavy (non-hydrogen) atoms. The number of alkyl halides is 3. The number of phenols is 1. The summed E-state index contributed by atoms with van der Waals surface area (Å²) in [7, 11) is 0. The van der Waals surface area contributed by atoms with Crippen LogP contribution in [-0.4, -0.2) is 56.8 Å². The van der Waals surface area contributed by atoms with E-state index in [1.165, 1.54) is 30.3 Å². The fourth-order valence-electron chi connectivity index (χ4n) is 6.57. The molecule has 1 unspecified atom stereocenters. The number of pyridine rings is 1. The van der Waals surface area contributed by atoms with Gasteiger partial charge in [0.05, 0.1) is 23.2 Å². The number of rotatable bonds is 16. The monoisotopic (exact) mass is 794 g/mol. The van der Waals surface area contributed by atoms with Gasteiger partial charge < -0.3 is 40.6 Å². The number of ether oxygens (including phenoxy) is 1. The summed E-state index contributed by atoms with van der Waals surface area (Å²) in [6.45, 7) is 0.974. The number of amides is 2. The van der Waals surface area contributed by atoms with Gasteiger partial charge >= 0.3 is 12.3 Å². The molecule has 6 rings (SSSR count). The number of aromatic nitrogens is 1. The topological polar surface area (TPSA) is 164 Å². The summed E-state index contributed by atoms with van der Waals surface area (Å²) in [6, 6.07) is 32.9. The van der Waals surface area contributed by atoms with Crippen LogP contribution in [0.3, 0.4) is 0 Å². The number of phenolic OH excluding ortho intramolecular Hbond substituents is 1. The highest BCUT2D eigenvalue weighted by Gasteiger charge is 2.30. The maximum Gasteiger partial charge on any atom is 0.416 e. The lowest BCUT2D eigenvalue weighted by atomic mass is 9.98. The molecule has 0 aliphatic carbocycles. The number of benzene rings is 5. The van der Waals surface area contributed by atoms with Crippen LogP contribution in [0, 0.1) is 0 Å². The summed E-state index contributed by atoms with van der Waals surface area (Å²) in [6.07, 6.45) is -6.20. The Labute approximate surface area is 331 Å². The molecule has 0 radical (unpaired) electrons. The van der Waals surface area contributed by atoms with Crippen molar-refractivity contribution in [2.45, 2.75) is 37.9 Å². The van der Waals surface area contributed by atoms with Crippen molar-refractivity contribution in [1.82, 2.24) is 20.5 Å². The number of aromatic hydroxyl groups is 1. The molecule has 5 aromatic carbocycles. The van der Waals surface area contributed by atoms with Gasteiger partial charge in [-0.05, 0) is 89.3 Å². The van der Waals surface area contributed by atoms with Crippen molar-refractivity contribution in [1.29, 1.82) is 0 Å². The highest BCUT2D eigenvalue weighted by Crippen LogP contribution is 2.31. The number of carbonyl (C=O) groups is 2. The van der Waals surface area contributed by atoms with Crippen LogP contribution in [0.2, 0.25) is 0 Å². The Kier molecular flexibility index (Phi) is 13.1. The minimum Gasteiger partial charge on any atom is -0.506 e. The molecule has 6 aromatic rings. The van der Waals surface area contributed by atoms with Gasteiger partial charge in [-0.25, -0.2) is 4.79 Å². The van der Waals surface area contributed by atoms with Gasteiger partial charge in [-0.1, -0.05) is 72.8 Å². The minimum atomic E-state index is -4.50. The first-order valence-corrected chi connectivity index (χ1v) is 18.4. The molecule has 300 valence electrons. The predicted octanol–water partition coefficient (Wildman–Crippen LogP) is 7.54. The fourth-order valence-corrected chi connectivity index (χ4v) is 6.57. The summed E-state index contributed by atoms with van der Waals surface area (Å²) in [4.78, 5) is 41.3. The molecule has 1 heterocycles. The van der Waals surface area contributed by atoms with Crippen LogP contribution < -0.4 is 20.9 Å². The average molecular weight is 795 g/mol. The van der Waals surface area contributed by atoms with E-state index in [9.17, 15) is 42.9 Å². The number of aromatic amines is 1. The quantitative estimate of drug-likeness (QED) is 0.0548. The van der Waals surface area contributed by atoms with Gasteiger partial charge in [0.15, 0.2) is 0 Å². The molecule has 0 saturated heterocycles. The van der Waals surface area contributed by atoms with Gasteiger partial charge in [-0.15, -0.1) is 0 Å². The van der Waals surface area contributed by atoms with E-state index in [-0.39, 0.29) is 43.4 Å². The predicted molar refractivity (Wildman–Crippen MR) is 212 cm³/mol. The Bertz CT molecular complexity index is 2390. The van der Waals surface area contributed by atoms with E-state index in [1.54, 1.807) is 59.5 Å². The SMILES string of the molecule is O=C(O)NC(c1ccccc1)c1cccc(OCc2ccc(C(=O)N(CCCNC[C@@H](O)c3ccc(O)c4[nH]c(=O)ccc34)Cc3ccc(C(F)(F)F)cc3)cc2)c1. The van der Waals surface area contributed by atoms with Crippen LogP contribution in [0.25, 0.3) is 10.9 Å². The van der Waals surface area contributed by atoms with Gasteiger partial charge in [0.1, 0.15) is 18.1 Å². The van der Waals surface area contributed by atoms with E-state index in [0.717, 1.165) is 23.3 Å². The third-order valence-electron chi connectivity index (χ3n) is 9.53. The molecular weight excluding hydrogens is 753 g/mol. The molecule has 0 fully saturated rings. The molecular formula is C44H41F3N4O7. The van der Waals surface area contributed by atoms with Crippen molar-refractivity contribution in [3.63, 3.8) is 0 Å². The number of hydrogen-bond donors (Lipinski definition) is 6. The van der Waals surface area contributed by atoms with Crippen LogP contribution in [0.1, 0.15) is 62.3 Å². The van der Waals surface area contributed by atoms with Crippen molar-refractivity contribution in [3.05, 3.63) is 177 Å². The van der Waals surface area contributed by atoms with Crippen molar-refractivity contribution in [2.75, 3.05) is 19.6 Å². The van der Waals surface area contributed by atoms with E-state index in [4.69, 9.17) is 4.74 Å². The molecule has 2 amide bonds. The number of H-pyrrole nitrogens is 1. The number of aliphatic hydroxyl groups excluding tert-OH is 1. The molecule has 0 spiro atoms. The van der Waals surface area contributed by atoms with Crippen molar-refractivity contribution >= 4 is 22.9 Å². The zero-order valence-electron chi connectivity index (χ0n) is 31.1. The van der Waals surface area contributed by atoms with Crippen molar-refractivity contribution in [2.24, 2.45) is 0 Å². The third kappa shape index (κ3) is 10.6. The molecule has 2 atom stereocenters. The highest BCUT2D eigenvalue weighted by atomic mass is 19.4. The molecule has 0 aliphatic heterocycles. The Morgan fingerprint density at radius 2 is 1.53 bits per heavy atom. The highest BCUT2D eigenvalue weighted by molar-refractivity contribution is 5.94. The lowest BCUT2D eigenvalue weighted by Gasteiger charge is -2.24. The zero-order chi connectivity index (χ0) is 41.2. The lowest BCUT2D eigenvalue weighted by molar-refractivity contribution is -0.137. The minimum absolute atomic E-state index is 0.0548. The Balaban J connectivity index is 1.09. The van der Waals surface area contributed by atoms with Crippen LogP contribution in [0.4, 0.5) is 18.0 Å². The number of nitrogens with zero attached hydrogens (tertiary/aromatic N) is 1. The fraction of sp³-hybridized carbons (Fsp3) is 0.205. The first-order chi connectivity index (χ1) is 27.9. The summed E-state index contributed by atoms with van der Waals surface area (Å²) < 4.78 is 45.8. The molecule has 0 saturated carbocycles. The Hall–Kier alpha value is -6.64. The Morgan fingerprint density at radius 3 is 2.24 bits per heavy atom.